The minimum absolute atomic E-state index is 0.151. The largest absolute Gasteiger partial charge is 0.480 e. The Morgan fingerprint density at radius 3 is 1.80 bits per heavy atom. The molecular formula is C18H24N2O5. The van der Waals surface area contributed by atoms with Gasteiger partial charge >= 0.3 is 5.97 Å². The molecule has 0 aromatic heterocycles. The van der Waals surface area contributed by atoms with Crippen LogP contribution in [0, 0.1) is 0 Å². The fourth-order valence-corrected chi connectivity index (χ4v) is 3.48. The van der Waals surface area contributed by atoms with Crippen LogP contribution in [0.15, 0.2) is 30.3 Å². The Hall–Kier alpha value is -1.80. The minimum Gasteiger partial charge on any atom is -0.480 e. The van der Waals surface area contributed by atoms with Gasteiger partial charge in [0.15, 0.2) is 5.78 Å². The van der Waals surface area contributed by atoms with Gasteiger partial charge in [-0.25, -0.2) is 0 Å². The molecule has 0 unspecified atom stereocenters. The number of carboxylic acid groups (broad SMARTS) is 1. The predicted octanol–water partition coefficient (Wildman–Crippen LogP) is 0.356. The average Bonchev–Trinajstić information content (AvgIpc) is 2.67. The van der Waals surface area contributed by atoms with Crippen molar-refractivity contribution >= 4 is 11.8 Å². The first kappa shape index (κ1) is 18.0. The van der Waals surface area contributed by atoms with E-state index in [0.717, 1.165) is 0 Å². The van der Waals surface area contributed by atoms with E-state index in [1.165, 1.54) is 0 Å². The second kappa shape index (κ2) is 8.53. The van der Waals surface area contributed by atoms with Crippen LogP contribution in [0.1, 0.15) is 10.4 Å². The first-order valence-corrected chi connectivity index (χ1v) is 8.64. The van der Waals surface area contributed by atoms with Gasteiger partial charge in [-0.1, -0.05) is 30.3 Å². The van der Waals surface area contributed by atoms with E-state index in [9.17, 15) is 14.7 Å². The van der Waals surface area contributed by atoms with Crippen LogP contribution in [0.5, 0.6) is 0 Å². The van der Waals surface area contributed by atoms with E-state index < -0.39 is 18.1 Å². The van der Waals surface area contributed by atoms with Crippen LogP contribution < -0.4 is 0 Å². The first-order valence-electron chi connectivity index (χ1n) is 8.64. The fraction of sp³-hybridized carbons (Fsp3) is 0.556. The van der Waals surface area contributed by atoms with Crippen LogP contribution >= 0.6 is 0 Å². The number of benzene rings is 1. The molecule has 1 N–H and O–H groups in total. The van der Waals surface area contributed by atoms with Gasteiger partial charge in [0.25, 0.3) is 0 Å². The van der Waals surface area contributed by atoms with Crippen LogP contribution in [0.4, 0.5) is 0 Å². The topological polar surface area (TPSA) is 79.3 Å². The second-order valence-electron chi connectivity index (χ2n) is 6.25. The Kier molecular flexibility index (Phi) is 6.14. The average molecular weight is 348 g/mol. The maximum atomic E-state index is 13.2. The van der Waals surface area contributed by atoms with Crippen molar-refractivity contribution < 1.29 is 24.2 Å². The van der Waals surface area contributed by atoms with Crippen LogP contribution in [0.25, 0.3) is 0 Å². The molecule has 7 heteroatoms. The molecule has 0 aliphatic carbocycles. The number of carbonyl (C=O) groups is 2. The summed E-state index contributed by atoms with van der Waals surface area (Å²) in [6.07, 6.45) is 0. The van der Waals surface area contributed by atoms with E-state index in [-0.39, 0.29) is 5.78 Å². The Bertz CT molecular complexity index is 582. The molecule has 2 aliphatic heterocycles. The Balaban J connectivity index is 1.92. The number of ketones is 1. The number of hydrogen-bond acceptors (Lipinski definition) is 6. The summed E-state index contributed by atoms with van der Waals surface area (Å²) in [4.78, 5) is 29.2. The Labute approximate surface area is 147 Å². The van der Waals surface area contributed by atoms with E-state index in [1.54, 1.807) is 24.3 Å². The van der Waals surface area contributed by atoms with E-state index in [0.29, 0.717) is 58.2 Å². The van der Waals surface area contributed by atoms with Gasteiger partial charge in [0, 0.05) is 31.7 Å². The molecule has 0 amide bonds. The molecule has 7 nitrogen and oxygen atoms in total. The normalized spacial score (nSPS) is 22.2. The highest BCUT2D eigenvalue weighted by molar-refractivity contribution is 6.03. The van der Waals surface area contributed by atoms with Gasteiger partial charge in [0.1, 0.15) is 12.1 Å². The molecule has 2 saturated heterocycles. The number of carbonyl (C=O) groups excluding carboxylic acids is 1. The number of carboxylic acids is 1. The molecule has 0 bridgehead atoms. The van der Waals surface area contributed by atoms with Gasteiger partial charge in [-0.05, 0) is 0 Å². The maximum Gasteiger partial charge on any atom is 0.323 e. The molecule has 3 rings (SSSR count). The number of aliphatic carboxylic acids is 1. The number of ether oxygens (including phenoxy) is 2. The molecule has 0 spiro atoms. The van der Waals surface area contributed by atoms with E-state index >= 15 is 0 Å². The maximum absolute atomic E-state index is 13.2. The lowest BCUT2D eigenvalue weighted by atomic mass is 9.94. The standard InChI is InChI=1S/C18H24N2O5/c21-17(14-4-2-1-3-5-14)15(19-6-10-24-11-7-19)16(18(22)23)20-8-12-25-13-9-20/h1-5,15-16H,6-13H2,(H,22,23)/t15-,16+/m1/s1. The van der Waals surface area contributed by atoms with Crippen molar-refractivity contribution in [1.82, 2.24) is 9.80 Å². The van der Waals surface area contributed by atoms with Gasteiger partial charge in [0.2, 0.25) is 0 Å². The van der Waals surface area contributed by atoms with Crippen molar-refractivity contribution in [2.75, 3.05) is 52.6 Å². The van der Waals surface area contributed by atoms with Crippen molar-refractivity contribution in [3.05, 3.63) is 35.9 Å². The molecule has 1 aromatic rings. The third kappa shape index (κ3) is 4.24. The zero-order valence-electron chi connectivity index (χ0n) is 14.2. The van der Waals surface area contributed by atoms with Crippen molar-refractivity contribution in [1.29, 1.82) is 0 Å². The van der Waals surface area contributed by atoms with Crippen molar-refractivity contribution in [3.63, 3.8) is 0 Å². The lowest BCUT2D eigenvalue weighted by Gasteiger charge is -2.41. The number of rotatable bonds is 6. The van der Waals surface area contributed by atoms with Gasteiger partial charge in [-0.3, -0.25) is 19.4 Å². The summed E-state index contributed by atoms with van der Waals surface area (Å²) in [6.45, 7) is 4.12. The van der Waals surface area contributed by atoms with E-state index in [1.807, 2.05) is 15.9 Å². The fourth-order valence-electron chi connectivity index (χ4n) is 3.48. The summed E-state index contributed by atoms with van der Waals surface area (Å²) in [5.41, 5.74) is 0.540. The molecule has 2 atom stereocenters. The minimum atomic E-state index is -0.970. The highest BCUT2D eigenvalue weighted by Gasteiger charge is 2.42. The summed E-state index contributed by atoms with van der Waals surface area (Å²) in [6, 6.07) is 7.30. The number of hydrogen-bond donors (Lipinski definition) is 1. The molecule has 2 fully saturated rings. The molecule has 1 aromatic carbocycles. The van der Waals surface area contributed by atoms with E-state index in [4.69, 9.17) is 9.47 Å². The van der Waals surface area contributed by atoms with Crippen LogP contribution in [-0.4, -0.2) is 91.3 Å². The van der Waals surface area contributed by atoms with Gasteiger partial charge in [-0.2, -0.15) is 0 Å². The van der Waals surface area contributed by atoms with E-state index in [2.05, 4.69) is 0 Å². The van der Waals surface area contributed by atoms with Gasteiger partial charge in [-0.15, -0.1) is 0 Å². The van der Waals surface area contributed by atoms with Crippen molar-refractivity contribution in [2.24, 2.45) is 0 Å². The molecule has 2 heterocycles. The first-order chi connectivity index (χ1) is 12.2. The Morgan fingerprint density at radius 1 is 0.840 bits per heavy atom. The molecular weight excluding hydrogens is 324 g/mol. The zero-order valence-corrected chi connectivity index (χ0v) is 14.2. The van der Waals surface area contributed by atoms with Gasteiger partial charge < -0.3 is 14.6 Å². The third-order valence-electron chi connectivity index (χ3n) is 4.76. The van der Waals surface area contributed by atoms with Crippen molar-refractivity contribution in [3.8, 4) is 0 Å². The molecule has 0 saturated carbocycles. The smallest absolute Gasteiger partial charge is 0.323 e. The molecule has 2 aliphatic rings. The van der Waals surface area contributed by atoms with Crippen LogP contribution in [0.2, 0.25) is 0 Å². The van der Waals surface area contributed by atoms with Crippen LogP contribution in [0.3, 0.4) is 0 Å². The Morgan fingerprint density at radius 2 is 1.32 bits per heavy atom. The number of morpholine rings is 2. The summed E-state index contributed by atoms with van der Waals surface area (Å²) < 4.78 is 10.7. The summed E-state index contributed by atoms with van der Waals surface area (Å²) in [7, 11) is 0. The summed E-state index contributed by atoms with van der Waals surface area (Å²) >= 11 is 0. The van der Waals surface area contributed by atoms with Crippen LogP contribution in [-0.2, 0) is 14.3 Å². The number of nitrogens with zero attached hydrogens (tertiary/aromatic N) is 2. The highest BCUT2D eigenvalue weighted by Crippen LogP contribution is 2.20. The molecule has 136 valence electrons. The molecule has 0 radical (unpaired) electrons. The highest BCUT2D eigenvalue weighted by atomic mass is 16.5. The lowest BCUT2D eigenvalue weighted by Crippen LogP contribution is -2.62. The monoisotopic (exact) mass is 348 g/mol. The second-order valence-corrected chi connectivity index (χ2v) is 6.25. The molecule has 25 heavy (non-hydrogen) atoms. The number of Topliss-reactive ketones (excluding diaryl/α,β-unsaturated/α-hetero) is 1. The third-order valence-corrected chi connectivity index (χ3v) is 4.76. The summed E-state index contributed by atoms with van der Waals surface area (Å²) in [5.74, 6) is -1.12. The quantitative estimate of drug-likeness (QED) is 0.744. The zero-order chi connectivity index (χ0) is 17.6. The lowest BCUT2D eigenvalue weighted by molar-refractivity contribution is -0.148. The predicted molar refractivity (Wildman–Crippen MR) is 90.8 cm³/mol. The van der Waals surface area contributed by atoms with Crippen molar-refractivity contribution in [2.45, 2.75) is 12.1 Å². The van der Waals surface area contributed by atoms with Gasteiger partial charge in [0.05, 0.1) is 26.4 Å². The summed E-state index contributed by atoms with van der Waals surface area (Å²) in [5, 5.41) is 9.93. The SMILES string of the molecule is O=C(O)[C@H]([C@H](C(=O)c1ccccc1)N1CCOCC1)N1CCOCC1.